The zero-order chi connectivity index (χ0) is 27.7. The maximum atomic E-state index is 13.0. The van der Waals surface area contributed by atoms with Crippen molar-refractivity contribution in [3.05, 3.63) is 28.8 Å². The van der Waals surface area contributed by atoms with E-state index >= 15 is 0 Å². The van der Waals surface area contributed by atoms with Gasteiger partial charge in [0.15, 0.2) is 0 Å². The molecule has 2 unspecified atom stereocenters. The van der Waals surface area contributed by atoms with Crippen LogP contribution >= 0.6 is 22.6 Å². The van der Waals surface area contributed by atoms with Crippen LogP contribution in [0.2, 0.25) is 0 Å². The predicted octanol–water partition coefficient (Wildman–Crippen LogP) is 3.09. The van der Waals surface area contributed by atoms with Crippen molar-refractivity contribution in [2.75, 3.05) is 27.2 Å². The molecule has 2 atom stereocenters. The molecule has 1 heterocycles. The van der Waals surface area contributed by atoms with Gasteiger partial charge in [-0.15, -0.1) is 0 Å². The number of nitrogens with two attached hydrogens (primary N) is 1. The first-order valence-electron chi connectivity index (χ1n) is 11.4. The van der Waals surface area contributed by atoms with Gasteiger partial charge in [-0.05, 0) is 0 Å². The molecule has 200 valence electrons. The summed E-state index contributed by atoms with van der Waals surface area (Å²) in [5, 5.41) is 0. The molecule has 2 rings (SSSR count). The van der Waals surface area contributed by atoms with Gasteiger partial charge in [0.05, 0.1) is 0 Å². The van der Waals surface area contributed by atoms with Gasteiger partial charge in [0.1, 0.15) is 0 Å². The molecule has 0 spiro atoms. The summed E-state index contributed by atoms with van der Waals surface area (Å²) in [7, 11) is 3.80. The third kappa shape index (κ3) is 9.96. The van der Waals surface area contributed by atoms with Crippen LogP contribution in [-0.2, 0) is 30.4 Å². The van der Waals surface area contributed by atoms with E-state index in [2.05, 4.69) is 0 Å². The van der Waals surface area contributed by atoms with Gasteiger partial charge < -0.3 is 0 Å². The fourth-order valence-corrected chi connectivity index (χ4v) is 4.37. The Morgan fingerprint density at radius 3 is 2.51 bits per heavy atom. The molecular weight excluding hydrogens is 704 g/mol. The average Bonchev–Trinajstić information content (AvgIpc) is 2.77. The number of nitrogens with zero attached hydrogens (tertiary/aromatic N) is 2. The Kier molecular flexibility index (Phi) is 12.4. The molecule has 0 fully saturated rings. The second kappa shape index (κ2) is 14.8. The monoisotopic (exact) mass is 733 g/mol. The normalized spacial score (nSPS) is 15.4. The van der Waals surface area contributed by atoms with E-state index in [-0.39, 0.29) is 56.1 Å². The Bertz CT molecular complexity index is 1040. The van der Waals surface area contributed by atoms with Crippen LogP contribution in [0.1, 0.15) is 61.6 Å². The summed E-state index contributed by atoms with van der Waals surface area (Å²) in [5.41, 5.74) is 6.44. The van der Waals surface area contributed by atoms with Crippen LogP contribution in [0.25, 0.3) is 0 Å². The number of carbonyl (C=O) groups is 5. The summed E-state index contributed by atoms with van der Waals surface area (Å²) in [6.45, 7) is 1.96. The van der Waals surface area contributed by atoms with E-state index in [1.165, 1.54) is 34.4 Å². The Hall–Kier alpha value is -2.07. The number of carbonyl (C=O) groups excluding carboxylic acids is 5. The van der Waals surface area contributed by atoms with Gasteiger partial charge >= 0.3 is 244 Å². The van der Waals surface area contributed by atoms with Crippen molar-refractivity contribution >= 4 is 72.6 Å². The number of amides is 2. The number of hydrogen-bond acceptors (Lipinski definition) is 10. The van der Waals surface area contributed by atoms with Gasteiger partial charge in [0.2, 0.25) is 0 Å². The van der Waals surface area contributed by atoms with Gasteiger partial charge in [-0.3, -0.25) is 0 Å². The standard InChI is InChI=1S/C23H29IN3O9.In/c1-14(29)35-18(6-4-7-19(25)30)15-10-16(12-33-22(24)31)20-17(11-15)21(34-13-28)27(23(32)36-20)9-5-8-26(2)3;/h10-11,18,21H,4-9,12H2,1-3H3,(H2,25,30);. The Morgan fingerprint density at radius 1 is 1.24 bits per heavy atom. The van der Waals surface area contributed by atoms with Crippen molar-refractivity contribution in [1.82, 2.24) is 9.80 Å². The fourth-order valence-electron chi connectivity index (χ4n) is 3.84. The summed E-state index contributed by atoms with van der Waals surface area (Å²) in [6.07, 6.45) is -1.24. The number of primary amides is 1. The molecule has 0 saturated carbocycles. The van der Waals surface area contributed by atoms with Crippen LogP contribution in [-0.4, -0.2) is 87.0 Å². The SMILES string of the molecule is CC(=O)OC(CCCC(N)=O)c1cc(COC(=O)I)c2c(c1)C(O[C](=O)[In])N(CCCN(C)C)C(=O)O2. The number of hydrogen-bond donors (Lipinski definition) is 1. The van der Waals surface area contributed by atoms with E-state index < -0.39 is 38.0 Å². The molecule has 1 aliphatic heterocycles. The number of ether oxygens (including phenoxy) is 4. The molecule has 12 nitrogen and oxygen atoms in total. The van der Waals surface area contributed by atoms with Crippen molar-refractivity contribution in [3.8, 4) is 5.75 Å². The Balaban J connectivity index is 2.59. The van der Waals surface area contributed by atoms with Crippen molar-refractivity contribution in [3.63, 3.8) is 0 Å². The second-order valence-corrected chi connectivity index (χ2v) is 10.8. The van der Waals surface area contributed by atoms with Crippen LogP contribution in [0.5, 0.6) is 5.75 Å². The van der Waals surface area contributed by atoms with Gasteiger partial charge in [-0.1, -0.05) is 0 Å². The van der Waals surface area contributed by atoms with E-state index in [0.717, 1.165) is 0 Å². The molecule has 0 saturated heterocycles. The fraction of sp³-hybridized carbons (Fsp3) is 0.522. The van der Waals surface area contributed by atoms with Gasteiger partial charge in [0.25, 0.3) is 0 Å². The summed E-state index contributed by atoms with van der Waals surface area (Å²) in [5.74, 6) is -0.914. The molecule has 1 aromatic rings. The van der Waals surface area contributed by atoms with Crippen LogP contribution in [0.3, 0.4) is 0 Å². The minimum absolute atomic E-state index is 0.0969. The van der Waals surface area contributed by atoms with E-state index in [1.54, 1.807) is 12.1 Å². The molecular formula is C23H29IInN3O9. The van der Waals surface area contributed by atoms with Crippen molar-refractivity contribution in [2.24, 2.45) is 5.73 Å². The van der Waals surface area contributed by atoms with E-state index in [4.69, 9.17) is 24.7 Å². The number of halogens is 1. The molecule has 0 aromatic heterocycles. The molecule has 0 aliphatic carbocycles. The summed E-state index contributed by atoms with van der Waals surface area (Å²) in [4.78, 5) is 63.0. The topological polar surface area (TPSA) is 155 Å². The molecule has 14 heteroatoms. The van der Waals surface area contributed by atoms with Gasteiger partial charge in [-0.2, -0.15) is 0 Å². The van der Waals surface area contributed by atoms with E-state index in [0.29, 0.717) is 36.1 Å². The molecule has 1 aromatic carbocycles. The summed E-state index contributed by atoms with van der Waals surface area (Å²) >= 11 is 1.64. The summed E-state index contributed by atoms with van der Waals surface area (Å²) in [6, 6.07) is 3.24. The zero-order valence-corrected chi connectivity index (χ0v) is 26.3. The maximum absolute atomic E-state index is 13.0. The molecule has 2 amide bonds. The Morgan fingerprint density at radius 2 is 1.95 bits per heavy atom. The van der Waals surface area contributed by atoms with Crippen molar-refractivity contribution in [2.45, 2.75) is 51.5 Å². The Labute approximate surface area is 243 Å². The van der Waals surface area contributed by atoms with Gasteiger partial charge in [-0.25, -0.2) is 0 Å². The molecule has 2 radical (unpaired) electrons. The first kappa shape index (κ1) is 31.1. The molecule has 2 N–H and O–H groups in total. The average molecular weight is 733 g/mol. The minimum atomic E-state index is -1.08. The van der Waals surface area contributed by atoms with Crippen LogP contribution in [0.4, 0.5) is 14.4 Å². The molecule has 0 bridgehead atoms. The van der Waals surface area contributed by atoms with Crippen molar-refractivity contribution < 1.29 is 42.9 Å². The first-order valence-corrected chi connectivity index (χ1v) is 14.2. The van der Waals surface area contributed by atoms with E-state index in [1.807, 2.05) is 19.0 Å². The van der Waals surface area contributed by atoms with Crippen LogP contribution in [0, 0.1) is 0 Å². The van der Waals surface area contributed by atoms with Crippen molar-refractivity contribution in [1.29, 1.82) is 0 Å². The predicted molar refractivity (Wildman–Crippen MR) is 139 cm³/mol. The van der Waals surface area contributed by atoms with Crippen LogP contribution < -0.4 is 10.5 Å². The summed E-state index contributed by atoms with van der Waals surface area (Å²) < 4.78 is 20.9. The first-order chi connectivity index (χ1) is 17.4. The quantitative estimate of drug-likeness (QED) is 0.139. The zero-order valence-electron chi connectivity index (χ0n) is 20.9. The second-order valence-electron chi connectivity index (χ2n) is 8.59. The third-order valence-corrected chi connectivity index (χ3v) is 6.03. The van der Waals surface area contributed by atoms with E-state index in [9.17, 15) is 24.0 Å². The molecule has 37 heavy (non-hydrogen) atoms. The number of benzene rings is 1. The molecule has 1 aliphatic rings. The number of esters is 1. The third-order valence-electron chi connectivity index (χ3n) is 5.33. The number of fused-ring (bicyclic) bond motifs is 1. The number of rotatable bonds is 13. The van der Waals surface area contributed by atoms with Gasteiger partial charge in [0, 0.05) is 0 Å². The van der Waals surface area contributed by atoms with Crippen LogP contribution in [0.15, 0.2) is 12.1 Å².